The zero-order chi connectivity index (χ0) is 13.5. The second-order valence-electron chi connectivity index (χ2n) is 4.77. The first kappa shape index (κ1) is 13.8. The molecule has 0 aliphatic heterocycles. The van der Waals surface area contributed by atoms with Crippen LogP contribution in [0.25, 0.3) is 5.69 Å². The fraction of sp³-hybridized carbons (Fsp3) is 0.400. The van der Waals surface area contributed by atoms with Crippen LogP contribution < -0.4 is 5.32 Å². The van der Waals surface area contributed by atoms with Gasteiger partial charge in [0.15, 0.2) is 0 Å². The number of hydrogen-bond donors (Lipinski definition) is 2. The van der Waals surface area contributed by atoms with E-state index in [1.54, 1.807) is 6.20 Å². The van der Waals surface area contributed by atoms with Gasteiger partial charge in [0.2, 0.25) is 0 Å². The van der Waals surface area contributed by atoms with Crippen molar-refractivity contribution in [3.8, 4) is 5.69 Å². The molecule has 0 amide bonds. The maximum atomic E-state index is 8.80. The number of aliphatic hydroxyl groups excluding tert-OH is 1. The van der Waals surface area contributed by atoms with Crippen molar-refractivity contribution in [1.29, 1.82) is 0 Å². The van der Waals surface area contributed by atoms with Crippen LogP contribution in [-0.2, 0) is 6.54 Å². The van der Waals surface area contributed by atoms with Gasteiger partial charge in [0.05, 0.1) is 5.69 Å². The van der Waals surface area contributed by atoms with Gasteiger partial charge in [-0.2, -0.15) is 5.10 Å². The van der Waals surface area contributed by atoms with E-state index < -0.39 is 0 Å². The van der Waals surface area contributed by atoms with Crippen LogP contribution in [0.2, 0.25) is 0 Å². The van der Waals surface area contributed by atoms with Crippen molar-refractivity contribution in [2.24, 2.45) is 0 Å². The van der Waals surface area contributed by atoms with Gasteiger partial charge in [0.25, 0.3) is 0 Å². The number of rotatable bonds is 7. The molecule has 102 valence electrons. The first-order valence-corrected chi connectivity index (χ1v) is 6.73. The molecular weight excluding hydrogens is 238 g/mol. The number of aromatic nitrogens is 2. The molecule has 2 N–H and O–H groups in total. The third-order valence-corrected chi connectivity index (χ3v) is 3.13. The summed E-state index contributed by atoms with van der Waals surface area (Å²) in [6.07, 6.45) is 5.56. The molecule has 4 nitrogen and oxygen atoms in total. The lowest BCUT2D eigenvalue weighted by Gasteiger charge is -2.13. The lowest BCUT2D eigenvalue weighted by Crippen LogP contribution is -2.25. The minimum Gasteiger partial charge on any atom is -0.396 e. The Kier molecular flexibility index (Phi) is 5.12. The lowest BCUT2D eigenvalue weighted by atomic mass is 10.1. The van der Waals surface area contributed by atoms with E-state index in [1.165, 1.54) is 5.56 Å². The van der Waals surface area contributed by atoms with E-state index in [1.807, 2.05) is 29.1 Å². The molecule has 0 aliphatic rings. The third kappa shape index (κ3) is 4.19. The highest BCUT2D eigenvalue weighted by atomic mass is 16.2. The summed E-state index contributed by atoms with van der Waals surface area (Å²) in [5.74, 6) is 0. The fourth-order valence-corrected chi connectivity index (χ4v) is 2.02. The normalized spacial score (nSPS) is 12.5. The number of aliphatic hydroxyl groups is 1. The molecule has 4 heteroatoms. The molecule has 1 aromatic carbocycles. The van der Waals surface area contributed by atoms with Crippen molar-refractivity contribution >= 4 is 0 Å². The molecule has 1 aromatic heterocycles. The Bertz CT molecular complexity index is 482. The van der Waals surface area contributed by atoms with Crippen LogP contribution in [0.4, 0.5) is 0 Å². The van der Waals surface area contributed by atoms with Crippen LogP contribution in [0.3, 0.4) is 0 Å². The SMILES string of the molecule is CC(CCCO)NCc1cccc(-n2cccn2)c1. The summed E-state index contributed by atoms with van der Waals surface area (Å²) >= 11 is 0. The van der Waals surface area contributed by atoms with E-state index in [0.717, 1.165) is 25.1 Å². The molecule has 0 saturated carbocycles. The quantitative estimate of drug-likeness (QED) is 0.801. The Hall–Kier alpha value is -1.65. The van der Waals surface area contributed by atoms with Crippen LogP contribution in [0.1, 0.15) is 25.3 Å². The summed E-state index contributed by atoms with van der Waals surface area (Å²) in [6, 6.07) is 10.7. The summed E-state index contributed by atoms with van der Waals surface area (Å²) in [7, 11) is 0. The second-order valence-corrected chi connectivity index (χ2v) is 4.77. The predicted octanol–water partition coefficient (Wildman–Crippen LogP) is 2.12. The van der Waals surface area contributed by atoms with E-state index >= 15 is 0 Å². The minimum atomic E-state index is 0.265. The smallest absolute Gasteiger partial charge is 0.0648 e. The maximum Gasteiger partial charge on any atom is 0.0648 e. The van der Waals surface area contributed by atoms with E-state index in [2.05, 4.69) is 29.5 Å². The maximum absolute atomic E-state index is 8.80. The van der Waals surface area contributed by atoms with Crippen molar-refractivity contribution in [3.63, 3.8) is 0 Å². The Morgan fingerprint density at radius 3 is 3.00 bits per heavy atom. The van der Waals surface area contributed by atoms with Crippen molar-refractivity contribution in [3.05, 3.63) is 48.3 Å². The van der Waals surface area contributed by atoms with Crippen LogP contribution in [0, 0.1) is 0 Å². The van der Waals surface area contributed by atoms with Crippen molar-refractivity contribution in [2.75, 3.05) is 6.61 Å². The number of hydrogen-bond acceptors (Lipinski definition) is 3. The van der Waals surface area contributed by atoms with Gasteiger partial charge in [-0.1, -0.05) is 12.1 Å². The Labute approximate surface area is 114 Å². The van der Waals surface area contributed by atoms with Crippen molar-refractivity contribution in [2.45, 2.75) is 32.4 Å². The van der Waals surface area contributed by atoms with Crippen molar-refractivity contribution < 1.29 is 5.11 Å². The Balaban J connectivity index is 1.92. The molecule has 2 rings (SSSR count). The number of nitrogens with one attached hydrogen (secondary N) is 1. The molecule has 1 atom stereocenters. The van der Waals surface area contributed by atoms with Crippen LogP contribution >= 0.6 is 0 Å². The van der Waals surface area contributed by atoms with Gasteiger partial charge in [-0.25, -0.2) is 4.68 Å². The fourth-order valence-electron chi connectivity index (χ4n) is 2.02. The van der Waals surface area contributed by atoms with Gasteiger partial charge in [-0.15, -0.1) is 0 Å². The van der Waals surface area contributed by atoms with E-state index in [-0.39, 0.29) is 6.61 Å². The molecule has 1 unspecified atom stereocenters. The molecule has 0 spiro atoms. The molecular formula is C15H21N3O. The third-order valence-electron chi connectivity index (χ3n) is 3.13. The van der Waals surface area contributed by atoms with Crippen LogP contribution in [0.15, 0.2) is 42.7 Å². The molecule has 0 fully saturated rings. The Morgan fingerprint density at radius 1 is 1.37 bits per heavy atom. The zero-order valence-corrected chi connectivity index (χ0v) is 11.3. The highest BCUT2D eigenvalue weighted by molar-refractivity contribution is 5.34. The van der Waals surface area contributed by atoms with E-state index in [0.29, 0.717) is 6.04 Å². The molecule has 0 bridgehead atoms. The van der Waals surface area contributed by atoms with Gasteiger partial charge >= 0.3 is 0 Å². The molecule has 2 aromatic rings. The zero-order valence-electron chi connectivity index (χ0n) is 11.3. The van der Waals surface area contributed by atoms with Crippen molar-refractivity contribution in [1.82, 2.24) is 15.1 Å². The second kappa shape index (κ2) is 7.07. The molecule has 0 saturated heterocycles. The average molecular weight is 259 g/mol. The first-order valence-electron chi connectivity index (χ1n) is 6.73. The molecule has 19 heavy (non-hydrogen) atoms. The molecule has 0 aliphatic carbocycles. The molecule has 1 heterocycles. The van der Waals surface area contributed by atoms with E-state index in [4.69, 9.17) is 5.11 Å². The molecule has 0 radical (unpaired) electrons. The largest absolute Gasteiger partial charge is 0.396 e. The van der Waals surface area contributed by atoms with Gasteiger partial charge in [-0.3, -0.25) is 0 Å². The summed E-state index contributed by atoms with van der Waals surface area (Å²) in [5.41, 5.74) is 2.32. The lowest BCUT2D eigenvalue weighted by molar-refractivity contribution is 0.276. The first-order chi connectivity index (χ1) is 9.29. The topological polar surface area (TPSA) is 50.1 Å². The minimum absolute atomic E-state index is 0.265. The highest BCUT2D eigenvalue weighted by Gasteiger charge is 2.02. The average Bonchev–Trinajstić information content (AvgIpc) is 2.97. The van der Waals surface area contributed by atoms with Gasteiger partial charge in [0, 0.05) is 31.6 Å². The summed E-state index contributed by atoms with van der Waals surface area (Å²) in [6.45, 7) is 3.25. The van der Waals surface area contributed by atoms with Gasteiger partial charge in [-0.05, 0) is 43.5 Å². The summed E-state index contributed by atoms with van der Waals surface area (Å²) in [5, 5.41) is 16.5. The van der Waals surface area contributed by atoms with Crippen LogP contribution in [0.5, 0.6) is 0 Å². The summed E-state index contributed by atoms with van der Waals surface area (Å²) in [4.78, 5) is 0. The number of benzene rings is 1. The van der Waals surface area contributed by atoms with E-state index in [9.17, 15) is 0 Å². The summed E-state index contributed by atoms with van der Waals surface area (Å²) < 4.78 is 1.86. The highest BCUT2D eigenvalue weighted by Crippen LogP contribution is 2.10. The monoisotopic (exact) mass is 259 g/mol. The standard InChI is InChI=1S/C15H21N3O/c1-13(5-3-10-19)16-12-14-6-2-7-15(11-14)18-9-4-8-17-18/h2,4,6-9,11,13,16,19H,3,5,10,12H2,1H3. The Morgan fingerprint density at radius 2 is 2.26 bits per heavy atom. The van der Waals surface area contributed by atoms with Gasteiger partial charge < -0.3 is 10.4 Å². The van der Waals surface area contributed by atoms with Crippen LogP contribution in [-0.4, -0.2) is 27.5 Å². The van der Waals surface area contributed by atoms with Gasteiger partial charge in [0.1, 0.15) is 0 Å². The predicted molar refractivity (Wildman–Crippen MR) is 76.2 cm³/mol. The number of nitrogens with zero attached hydrogens (tertiary/aromatic N) is 2.